The van der Waals surface area contributed by atoms with Gasteiger partial charge < -0.3 is 5.32 Å². The molecule has 0 saturated carbocycles. The lowest BCUT2D eigenvalue weighted by Gasteiger charge is -2.09. The summed E-state index contributed by atoms with van der Waals surface area (Å²) in [5.74, 6) is 0.447. The van der Waals surface area contributed by atoms with Crippen LogP contribution in [0.2, 0.25) is 5.02 Å². The van der Waals surface area contributed by atoms with Gasteiger partial charge in [0.1, 0.15) is 18.0 Å². The third kappa shape index (κ3) is 3.52. The van der Waals surface area contributed by atoms with E-state index in [1.807, 2.05) is 0 Å². The minimum Gasteiger partial charge on any atom is -0.310 e. The van der Waals surface area contributed by atoms with Crippen LogP contribution in [0.25, 0.3) is 0 Å². The molecule has 102 valence electrons. The number of rotatable bonds is 6. The van der Waals surface area contributed by atoms with E-state index in [2.05, 4.69) is 22.3 Å². The lowest BCUT2D eigenvalue weighted by atomic mass is 10.2. The maximum atomic E-state index is 13.7. The van der Waals surface area contributed by atoms with Gasteiger partial charge >= 0.3 is 0 Å². The summed E-state index contributed by atoms with van der Waals surface area (Å²) in [6.45, 7) is 3.90. The molecule has 0 aliphatic heterocycles. The summed E-state index contributed by atoms with van der Waals surface area (Å²) in [4.78, 5) is 4.17. The van der Waals surface area contributed by atoms with E-state index in [9.17, 15) is 4.39 Å². The SMILES string of the molecule is CCCNCc1ncnn1Cc1c(F)cccc1Cl. The summed E-state index contributed by atoms with van der Waals surface area (Å²) in [5.41, 5.74) is 0.436. The topological polar surface area (TPSA) is 42.7 Å². The van der Waals surface area contributed by atoms with Gasteiger partial charge in [0.15, 0.2) is 0 Å². The van der Waals surface area contributed by atoms with Crippen LogP contribution in [-0.2, 0) is 13.1 Å². The van der Waals surface area contributed by atoms with Gasteiger partial charge in [0.2, 0.25) is 0 Å². The van der Waals surface area contributed by atoms with E-state index >= 15 is 0 Å². The maximum Gasteiger partial charge on any atom is 0.141 e. The Morgan fingerprint density at radius 2 is 2.26 bits per heavy atom. The fourth-order valence-electron chi connectivity index (χ4n) is 1.77. The molecule has 0 unspecified atom stereocenters. The fourth-order valence-corrected chi connectivity index (χ4v) is 1.99. The molecule has 4 nitrogen and oxygen atoms in total. The molecule has 2 aromatic rings. The molecule has 0 spiro atoms. The molecule has 1 aromatic carbocycles. The van der Waals surface area contributed by atoms with Crippen LogP contribution < -0.4 is 5.32 Å². The van der Waals surface area contributed by atoms with Crippen LogP contribution >= 0.6 is 11.6 Å². The molecule has 0 saturated heterocycles. The van der Waals surface area contributed by atoms with Crippen LogP contribution in [0.15, 0.2) is 24.5 Å². The van der Waals surface area contributed by atoms with Crippen molar-refractivity contribution in [3.05, 3.63) is 46.8 Å². The van der Waals surface area contributed by atoms with Crippen molar-refractivity contribution >= 4 is 11.6 Å². The molecule has 2 rings (SSSR count). The van der Waals surface area contributed by atoms with E-state index in [0.717, 1.165) is 18.8 Å². The van der Waals surface area contributed by atoms with Gasteiger partial charge in [0.05, 0.1) is 13.1 Å². The zero-order valence-corrected chi connectivity index (χ0v) is 11.5. The Hall–Kier alpha value is -1.46. The second-order valence-electron chi connectivity index (χ2n) is 4.21. The third-order valence-corrected chi connectivity index (χ3v) is 3.13. The first kappa shape index (κ1) is 14.0. The van der Waals surface area contributed by atoms with Gasteiger partial charge in [-0.2, -0.15) is 5.10 Å². The maximum absolute atomic E-state index is 13.7. The molecular formula is C13H16ClFN4. The number of hydrogen-bond acceptors (Lipinski definition) is 3. The highest BCUT2D eigenvalue weighted by Crippen LogP contribution is 2.20. The first-order valence-corrected chi connectivity index (χ1v) is 6.60. The Morgan fingerprint density at radius 1 is 1.42 bits per heavy atom. The molecule has 0 aliphatic carbocycles. The molecule has 1 N–H and O–H groups in total. The van der Waals surface area contributed by atoms with Gasteiger partial charge in [0.25, 0.3) is 0 Å². The fraction of sp³-hybridized carbons (Fsp3) is 0.385. The van der Waals surface area contributed by atoms with Gasteiger partial charge in [-0.3, -0.25) is 0 Å². The molecule has 1 heterocycles. The normalized spacial score (nSPS) is 10.9. The van der Waals surface area contributed by atoms with Crippen molar-refractivity contribution in [1.82, 2.24) is 20.1 Å². The lowest BCUT2D eigenvalue weighted by molar-refractivity contribution is 0.555. The van der Waals surface area contributed by atoms with Crippen molar-refractivity contribution in [3.63, 3.8) is 0 Å². The van der Waals surface area contributed by atoms with Gasteiger partial charge in [-0.1, -0.05) is 24.6 Å². The first-order valence-electron chi connectivity index (χ1n) is 6.22. The highest BCUT2D eigenvalue weighted by molar-refractivity contribution is 6.31. The Kier molecular flexibility index (Phi) is 4.87. The number of benzene rings is 1. The highest BCUT2D eigenvalue weighted by atomic mass is 35.5. The van der Waals surface area contributed by atoms with Gasteiger partial charge in [0, 0.05) is 10.6 Å². The average Bonchev–Trinajstić information content (AvgIpc) is 2.82. The predicted octanol–water partition coefficient (Wildman–Crippen LogP) is 2.62. The molecular weight excluding hydrogens is 267 g/mol. The summed E-state index contributed by atoms with van der Waals surface area (Å²) in [5, 5.41) is 7.76. The first-order chi connectivity index (χ1) is 9.22. The molecule has 0 atom stereocenters. The largest absolute Gasteiger partial charge is 0.310 e. The van der Waals surface area contributed by atoms with Crippen LogP contribution in [-0.4, -0.2) is 21.3 Å². The van der Waals surface area contributed by atoms with E-state index in [-0.39, 0.29) is 12.4 Å². The molecule has 1 aromatic heterocycles. The van der Waals surface area contributed by atoms with E-state index in [1.54, 1.807) is 16.8 Å². The van der Waals surface area contributed by atoms with Crippen molar-refractivity contribution in [2.75, 3.05) is 6.54 Å². The number of hydrogen-bond donors (Lipinski definition) is 1. The summed E-state index contributed by atoms with van der Waals surface area (Å²) in [7, 11) is 0. The summed E-state index contributed by atoms with van der Waals surface area (Å²) >= 11 is 6.01. The van der Waals surface area contributed by atoms with Crippen LogP contribution in [0.3, 0.4) is 0 Å². The standard InChI is InChI=1S/C13H16ClFN4/c1-2-6-16-7-13-17-9-18-19(13)8-10-11(14)4-3-5-12(10)15/h3-5,9,16H,2,6-8H2,1H3. The zero-order chi connectivity index (χ0) is 13.7. The van der Waals surface area contributed by atoms with E-state index in [1.165, 1.54) is 12.4 Å². The van der Waals surface area contributed by atoms with Crippen LogP contribution in [0.4, 0.5) is 4.39 Å². The predicted molar refractivity (Wildman–Crippen MR) is 72.5 cm³/mol. The van der Waals surface area contributed by atoms with Crippen molar-refractivity contribution in [3.8, 4) is 0 Å². The zero-order valence-electron chi connectivity index (χ0n) is 10.7. The van der Waals surface area contributed by atoms with Crippen molar-refractivity contribution in [2.24, 2.45) is 0 Å². The molecule has 0 bridgehead atoms. The second kappa shape index (κ2) is 6.63. The Labute approximate surface area is 116 Å². The third-order valence-electron chi connectivity index (χ3n) is 2.78. The lowest BCUT2D eigenvalue weighted by Crippen LogP contribution is -2.19. The smallest absolute Gasteiger partial charge is 0.141 e. The van der Waals surface area contributed by atoms with Crippen LogP contribution in [0, 0.1) is 5.82 Å². The highest BCUT2D eigenvalue weighted by Gasteiger charge is 2.11. The molecule has 0 amide bonds. The second-order valence-corrected chi connectivity index (χ2v) is 4.62. The van der Waals surface area contributed by atoms with E-state index < -0.39 is 0 Å². The van der Waals surface area contributed by atoms with Crippen molar-refractivity contribution in [2.45, 2.75) is 26.4 Å². The van der Waals surface area contributed by atoms with E-state index in [4.69, 9.17) is 11.6 Å². The number of halogens is 2. The summed E-state index contributed by atoms with van der Waals surface area (Å²) < 4.78 is 15.4. The Balaban J connectivity index is 2.13. The molecule has 0 radical (unpaired) electrons. The Morgan fingerprint density at radius 3 is 3.00 bits per heavy atom. The number of aromatic nitrogens is 3. The average molecular weight is 283 g/mol. The van der Waals surface area contributed by atoms with Gasteiger partial charge in [-0.25, -0.2) is 14.1 Å². The van der Waals surface area contributed by atoms with Crippen LogP contribution in [0.5, 0.6) is 0 Å². The van der Waals surface area contributed by atoms with Crippen molar-refractivity contribution < 1.29 is 4.39 Å². The summed E-state index contributed by atoms with van der Waals surface area (Å²) in [6.07, 6.45) is 2.52. The molecule has 0 aliphatic rings. The van der Waals surface area contributed by atoms with Gasteiger partial charge in [-0.15, -0.1) is 0 Å². The van der Waals surface area contributed by atoms with Gasteiger partial charge in [-0.05, 0) is 25.1 Å². The number of nitrogens with zero attached hydrogens (tertiary/aromatic N) is 3. The van der Waals surface area contributed by atoms with Crippen LogP contribution in [0.1, 0.15) is 24.7 Å². The molecule has 0 fully saturated rings. The Bertz CT molecular complexity index is 521. The number of nitrogens with one attached hydrogen (secondary N) is 1. The quantitative estimate of drug-likeness (QED) is 0.828. The molecule has 6 heteroatoms. The monoisotopic (exact) mass is 282 g/mol. The minimum atomic E-state index is -0.324. The molecule has 19 heavy (non-hydrogen) atoms. The van der Waals surface area contributed by atoms with E-state index in [0.29, 0.717) is 17.1 Å². The van der Waals surface area contributed by atoms with Crippen molar-refractivity contribution in [1.29, 1.82) is 0 Å². The minimum absolute atomic E-state index is 0.286. The summed E-state index contributed by atoms with van der Waals surface area (Å²) in [6, 6.07) is 4.66.